The molecule has 1 nitrogen and oxygen atoms in total. The maximum Gasteiger partial charge on any atom is 0.00668 e. The van der Waals surface area contributed by atoms with Crippen molar-refractivity contribution in [2.45, 2.75) is 52.0 Å². The van der Waals surface area contributed by atoms with Crippen LogP contribution >= 0.6 is 0 Å². The largest absolute Gasteiger partial charge is 0.317 e. The first kappa shape index (κ1) is 10.0. The number of hydrogen-bond donors (Lipinski definition) is 1. The minimum Gasteiger partial charge on any atom is -0.317 e. The van der Waals surface area contributed by atoms with E-state index in [9.17, 15) is 0 Å². The Bertz CT molecular complexity index is 120. The summed E-state index contributed by atoms with van der Waals surface area (Å²) in [6, 6.07) is 0.792. The molecule has 0 aromatic carbocycles. The van der Waals surface area contributed by atoms with Crippen molar-refractivity contribution in [1.82, 2.24) is 5.32 Å². The van der Waals surface area contributed by atoms with Crippen molar-refractivity contribution in [2.75, 3.05) is 7.05 Å². The Kier molecular flexibility index (Phi) is 4.07. The van der Waals surface area contributed by atoms with Crippen LogP contribution < -0.4 is 5.32 Å². The zero-order valence-electron chi connectivity index (χ0n) is 8.77. The normalized spacial score (nSPS) is 32.0. The Balaban J connectivity index is 2.42. The van der Waals surface area contributed by atoms with Gasteiger partial charge in [0, 0.05) is 6.04 Å². The van der Waals surface area contributed by atoms with E-state index in [2.05, 4.69) is 26.2 Å². The van der Waals surface area contributed by atoms with Crippen molar-refractivity contribution in [3.05, 3.63) is 0 Å². The lowest BCUT2D eigenvalue weighted by Crippen LogP contribution is -2.27. The lowest BCUT2D eigenvalue weighted by molar-refractivity contribution is 0.315. The van der Waals surface area contributed by atoms with E-state index in [-0.39, 0.29) is 0 Å². The van der Waals surface area contributed by atoms with Crippen LogP contribution in [0.2, 0.25) is 0 Å². The van der Waals surface area contributed by atoms with Crippen LogP contribution in [0, 0.1) is 11.8 Å². The molecule has 0 spiro atoms. The molecule has 1 fully saturated rings. The van der Waals surface area contributed by atoms with E-state index in [1.54, 1.807) is 0 Å². The van der Waals surface area contributed by atoms with Crippen LogP contribution in [0.1, 0.15) is 46.0 Å². The molecule has 0 radical (unpaired) electrons. The van der Waals surface area contributed by atoms with Gasteiger partial charge in [0.15, 0.2) is 0 Å². The van der Waals surface area contributed by atoms with Crippen LogP contribution in [0.3, 0.4) is 0 Å². The third-order valence-electron chi connectivity index (χ3n) is 3.32. The molecule has 1 heteroatoms. The zero-order valence-corrected chi connectivity index (χ0v) is 8.77. The molecule has 1 aliphatic carbocycles. The van der Waals surface area contributed by atoms with Gasteiger partial charge in [-0.1, -0.05) is 33.1 Å². The van der Waals surface area contributed by atoms with Gasteiger partial charge >= 0.3 is 0 Å². The molecule has 1 rings (SSSR count). The second-order valence-corrected chi connectivity index (χ2v) is 4.51. The quantitative estimate of drug-likeness (QED) is 0.627. The number of hydrogen-bond acceptors (Lipinski definition) is 1. The minimum atomic E-state index is 0.792. The molecule has 1 N–H and O–H groups in total. The summed E-state index contributed by atoms with van der Waals surface area (Å²) in [7, 11) is 2.10. The van der Waals surface area contributed by atoms with Gasteiger partial charge in [-0.05, 0) is 31.7 Å². The van der Waals surface area contributed by atoms with E-state index >= 15 is 0 Å². The summed E-state index contributed by atoms with van der Waals surface area (Å²) in [5, 5.41) is 3.43. The second-order valence-electron chi connectivity index (χ2n) is 4.51. The highest BCUT2D eigenvalue weighted by molar-refractivity contribution is 4.76. The van der Waals surface area contributed by atoms with Gasteiger partial charge in [-0.2, -0.15) is 0 Å². The monoisotopic (exact) mass is 169 g/mol. The molecule has 1 aliphatic rings. The molecule has 0 aliphatic heterocycles. The minimum absolute atomic E-state index is 0.792. The van der Waals surface area contributed by atoms with Crippen molar-refractivity contribution in [2.24, 2.45) is 11.8 Å². The summed E-state index contributed by atoms with van der Waals surface area (Å²) in [6.45, 7) is 4.73. The van der Waals surface area contributed by atoms with E-state index < -0.39 is 0 Å². The fraction of sp³-hybridized carbons (Fsp3) is 1.00. The highest BCUT2D eigenvalue weighted by atomic mass is 14.9. The van der Waals surface area contributed by atoms with Crippen LogP contribution in [0.15, 0.2) is 0 Å². The maximum absolute atomic E-state index is 3.43. The van der Waals surface area contributed by atoms with Crippen molar-refractivity contribution in [1.29, 1.82) is 0 Å². The molecule has 1 saturated carbocycles. The van der Waals surface area contributed by atoms with Crippen molar-refractivity contribution < 1.29 is 0 Å². The lowest BCUT2D eigenvalue weighted by Gasteiger charge is -2.22. The summed E-state index contributed by atoms with van der Waals surface area (Å²) in [6.07, 6.45) is 7.11. The van der Waals surface area contributed by atoms with Crippen LogP contribution in [0.4, 0.5) is 0 Å². The molecular weight excluding hydrogens is 146 g/mol. The van der Waals surface area contributed by atoms with Gasteiger partial charge in [0.05, 0.1) is 0 Å². The topological polar surface area (TPSA) is 12.0 Å². The molecule has 0 bridgehead atoms. The average Bonchev–Trinajstić information content (AvgIpc) is 2.28. The summed E-state index contributed by atoms with van der Waals surface area (Å²) in [4.78, 5) is 0. The first-order chi connectivity index (χ1) is 5.74. The molecule has 0 heterocycles. The summed E-state index contributed by atoms with van der Waals surface area (Å²) < 4.78 is 0. The predicted octanol–water partition coefficient (Wildman–Crippen LogP) is 2.81. The van der Waals surface area contributed by atoms with E-state index in [0.29, 0.717) is 0 Å². The summed E-state index contributed by atoms with van der Waals surface area (Å²) in [5.41, 5.74) is 0. The van der Waals surface area contributed by atoms with Crippen LogP contribution in [-0.2, 0) is 0 Å². The highest BCUT2D eigenvalue weighted by Gasteiger charge is 2.20. The molecule has 0 aromatic heterocycles. The van der Waals surface area contributed by atoms with Gasteiger partial charge in [-0.25, -0.2) is 0 Å². The Labute approximate surface area is 76.9 Å². The van der Waals surface area contributed by atoms with Crippen molar-refractivity contribution in [3.8, 4) is 0 Å². The molecule has 0 unspecified atom stereocenters. The highest BCUT2D eigenvalue weighted by Crippen LogP contribution is 2.28. The smallest absolute Gasteiger partial charge is 0.00668 e. The molecule has 12 heavy (non-hydrogen) atoms. The van der Waals surface area contributed by atoms with Crippen molar-refractivity contribution in [3.63, 3.8) is 0 Å². The first-order valence-electron chi connectivity index (χ1n) is 5.41. The molecular formula is C11H23N. The fourth-order valence-electron chi connectivity index (χ4n) is 2.27. The number of rotatable bonds is 2. The van der Waals surface area contributed by atoms with Crippen LogP contribution in [0.5, 0.6) is 0 Å². The fourth-order valence-corrected chi connectivity index (χ4v) is 2.27. The predicted molar refractivity (Wildman–Crippen MR) is 54.3 cm³/mol. The Hall–Kier alpha value is -0.0400. The van der Waals surface area contributed by atoms with E-state index in [0.717, 1.165) is 17.9 Å². The lowest BCUT2D eigenvalue weighted by atomic mass is 9.87. The molecule has 2 atom stereocenters. The maximum atomic E-state index is 3.43. The van der Waals surface area contributed by atoms with Crippen LogP contribution in [0.25, 0.3) is 0 Å². The summed E-state index contributed by atoms with van der Waals surface area (Å²) in [5.74, 6) is 1.84. The standard InChI is InChI=1S/C11H23N/c1-9(2)10-6-4-5-7-11(8-10)12-3/h9-12H,4-8H2,1-3H3/t10-,11+/m1/s1. The van der Waals surface area contributed by atoms with Gasteiger partial charge in [-0.15, -0.1) is 0 Å². The van der Waals surface area contributed by atoms with Crippen LogP contribution in [-0.4, -0.2) is 13.1 Å². The first-order valence-corrected chi connectivity index (χ1v) is 5.41. The molecule has 0 saturated heterocycles. The van der Waals surface area contributed by atoms with Gasteiger partial charge in [0.1, 0.15) is 0 Å². The Morgan fingerprint density at radius 1 is 1.17 bits per heavy atom. The number of nitrogens with one attached hydrogen (secondary N) is 1. The van der Waals surface area contributed by atoms with Gasteiger partial charge < -0.3 is 5.32 Å². The second kappa shape index (κ2) is 4.86. The van der Waals surface area contributed by atoms with E-state index in [4.69, 9.17) is 0 Å². The van der Waals surface area contributed by atoms with E-state index in [1.807, 2.05) is 0 Å². The summed E-state index contributed by atoms with van der Waals surface area (Å²) >= 11 is 0. The SMILES string of the molecule is CN[C@H]1CCCC[C@@H](C(C)C)C1. The van der Waals surface area contributed by atoms with Crippen molar-refractivity contribution >= 4 is 0 Å². The van der Waals surface area contributed by atoms with Gasteiger partial charge in [-0.3, -0.25) is 0 Å². The molecule has 0 aromatic rings. The average molecular weight is 169 g/mol. The van der Waals surface area contributed by atoms with E-state index in [1.165, 1.54) is 32.1 Å². The molecule has 72 valence electrons. The third kappa shape index (κ3) is 2.78. The molecule has 0 amide bonds. The zero-order chi connectivity index (χ0) is 8.97. The van der Waals surface area contributed by atoms with Gasteiger partial charge in [0.25, 0.3) is 0 Å². The van der Waals surface area contributed by atoms with Gasteiger partial charge in [0.2, 0.25) is 0 Å². The Morgan fingerprint density at radius 3 is 2.42 bits per heavy atom. The third-order valence-corrected chi connectivity index (χ3v) is 3.32. The Morgan fingerprint density at radius 2 is 1.83 bits per heavy atom.